The van der Waals surface area contributed by atoms with Crippen LogP contribution in [0.15, 0.2) is 54.9 Å². The number of piperidine rings is 1. The first-order valence-electron chi connectivity index (χ1n) is 8.16. The van der Waals surface area contributed by atoms with E-state index in [-0.39, 0.29) is 5.92 Å². The molecule has 0 spiro atoms. The van der Waals surface area contributed by atoms with Crippen molar-refractivity contribution >= 4 is 0 Å². The summed E-state index contributed by atoms with van der Waals surface area (Å²) in [6.45, 7) is 5.40. The Labute approximate surface area is 132 Å². The van der Waals surface area contributed by atoms with Crippen molar-refractivity contribution in [3.05, 3.63) is 66.0 Å². The third-order valence-electron chi connectivity index (χ3n) is 4.96. The molecule has 3 heteroatoms. The van der Waals surface area contributed by atoms with Gasteiger partial charge >= 0.3 is 0 Å². The Bertz CT molecular complexity index is 537. The molecule has 1 unspecified atom stereocenters. The van der Waals surface area contributed by atoms with Gasteiger partial charge in [-0.2, -0.15) is 0 Å². The van der Waals surface area contributed by atoms with E-state index < -0.39 is 5.60 Å². The second-order valence-corrected chi connectivity index (χ2v) is 6.08. The predicted molar refractivity (Wildman–Crippen MR) is 88.5 cm³/mol. The van der Waals surface area contributed by atoms with Crippen LogP contribution in [0.5, 0.6) is 0 Å². The summed E-state index contributed by atoms with van der Waals surface area (Å²) in [6, 6.07) is 14.0. The van der Waals surface area contributed by atoms with Gasteiger partial charge in [0.15, 0.2) is 0 Å². The Kier molecular flexibility index (Phi) is 4.55. The number of hydrogen-bond acceptors (Lipinski definition) is 3. The lowest BCUT2D eigenvalue weighted by Gasteiger charge is -2.42. The third kappa shape index (κ3) is 2.79. The van der Waals surface area contributed by atoms with E-state index in [2.05, 4.69) is 16.8 Å². The van der Waals surface area contributed by atoms with Gasteiger partial charge in [-0.3, -0.25) is 4.98 Å². The second kappa shape index (κ2) is 6.59. The SMILES string of the molecule is CCN1CCC(C(O)(c2ccccc2)c2ccncc2)CC1. The fraction of sp³-hybridized carbons (Fsp3) is 0.421. The highest BCUT2D eigenvalue weighted by molar-refractivity contribution is 5.36. The quantitative estimate of drug-likeness (QED) is 0.942. The minimum atomic E-state index is -0.927. The van der Waals surface area contributed by atoms with Crippen molar-refractivity contribution in [2.75, 3.05) is 19.6 Å². The Morgan fingerprint density at radius 1 is 1.05 bits per heavy atom. The van der Waals surface area contributed by atoms with Crippen LogP contribution in [0, 0.1) is 5.92 Å². The molecule has 1 N–H and O–H groups in total. The van der Waals surface area contributed by atoms with Gasteiger partial charge in [0.25, 0.3) is 0 Å². The zero-order valence-electron chi connectivity index (χ0n) is 13.2. The summed E-state index contributed by atoms with van der Waals surface area (Å²) in [5, 5.41) is 11.7. The van der Waals surface area contributed by atoms with E-state index in [0.717, 1.165) is 43.6 Å². The van der Waals surface area contributed by atoms with Crippen LogP contribution >= 0.6 is 0 Å². The van der Waals surface area contributed by atoms with Crippen LogP contribution in [0.2, 0.25) is 0 Å². The van der Waals surface area contributed by atoms with Gasteiger partial charge in [-0.15, -0.1) is 0 Å². The van der Waals surface area contributed by atoms with Crippen molar-refractivity contribution in [2.24, 2.45) is 5.92 Å². The summed E-state index contributed by atoms with van der Waals surface area (Å²) in [5.74, 6) is 0.236. The Balaban J connectivity index is 1.97. The fourth-order valence-electron chi connectivity index (χ4n) is 3.60. The normalized spacial score (nSPS) is 19.7. The minimum absolute atomic E-state index is 0.236. The topological polar surface area (TPSA) is 36.4 Å². The van der Waals surface area contributed by atoms with Crippen molar-refractivity contribution < 1.29 is 5.11 Å². The average Bonchev–Trinajstić information content (AvgIpc) is 2.62. The van der Waals surface area contributed by atoms with Crippen LogP contribution in [0.3, 0.4) is 0 Å². The molecule has 2 heterocycles. The van der Waals surface area contributed by atoms with Crippen LogP contribution in [-0.4, -0.2) is 34.6 Å². The van der Waals surface area contributed by atoms with Gasteiger partial charge in [-0.25, -0.2) is 0 Å². The lowest BCUT2D eigenvalue weighted by molar-refractivity contribution is -0.0135. The van der Waals surface area contributed by atoms with Crippen molar-refractivity contribution in [3.8, 4) is 0 Å². The van der Waals surface area contributed by atoms with E-state index in [1.165, 1.54) is 0 Å². The van der Waals surface area contributed by atoms with Crippen molar-refractivity contribution in [2.45, 2.75) is 25.4 Å². The maximum absolute atomic E-state index is 11.7. The molecule has 116 valence electrons. The molecule has 1 saturated heterocycles. The maximum Gasteiger partial charge on any atom is 0.118 e. The molecule has 3 nitrogen and oxygen atoms in total. The van der Waals surface area contributed by atoms with E-state index in [4.69, 9.17) is 0 Å². The number of aliphatic hydroxyl groups is 1. The molecule has 1 atom stereocenters. The Morgan fingerprint density at radius 3 is 2.23 bits per heavy atom. The highest BCUT2D eigenvalue weighted by atomic mass is 16.3. The number of hydrogen-bond donors (Lipinski definition) is 1. The minimum Gasteiger partial charge on any atom is -0.380 e. The van der Waals surface area contributed by atoms with Gasteiger partial charge in [0.1, 0.15) is 5.60 Å². The Morgan fingerprint density at radius 2 is 1.64 bits per heavy atom. The van der Waals surface area contributed by atoms with Gasteiger partial charge in [-0.05, 0) is 61.7 Å². The summed E-state index contributed by atoms with van der Waals surface area (Å²) >= 11 is 0. The number of benzene rings is 1. The van der Waals surface area contributed by atoms with Crippen LogP contribution in [0.4, 0.5) is 0 Å². The van der Waals surface area contributed by atoms with Gasteiger partial charge in [0.2, 0.25) is 0 Å². The molecule has 0 amide bonds. The molecule has 0 bridgehead atoms. The lowest BCUT2D eigenvalue weighted by Crippen LogP contribution is -2.44. The first-order valence-corrected chi connectivity index (χ1v) is 8.16. The van der Waals surface area contributed by atoms with Crippen molar-refractivity contribution in [3.63, 3.8) is 0 Å². The summed E-state index contributed by atoms with van der Waals surface area (Å²) in [5.41, 5.74) is 1.00. The molecule has 1 aliphatic rings. The van der Waals surface area contributed by atoms with Crippen LogP contribution in [0.25, 0.3) is 0 Å². The van der Waals surface area contributed by atoms with E-state index >= 15 is 0 Å². The predicted octanol–water partition coefficient (Wildman–Crippen LogP) is 3.05. The van der Waals surface area contributed by atoms with E-state index in [9.17, 15) is 5.11 Å². The number of likely N-dealkylation sites (tertiary alicyclic amines) is 1. The first kappa shape index (κ1) is 15.2. The molecule has 0 saturated carbocycles. The zero-order valence-corrected chi connectivity index (χ0v) is 13.2. The standard InChI is InChI=1S/C19H24N2O/c1-2-21-14-10-18(11-15-21)19(22,16-6-4-3-5-7-16)17-8-12-20-13-9-17/h3-9,12-13,18,22H,2,10-11,14-15H2,1H3. The molecule has 0 aliphatic carbocycles. The van der Waals surface area contributed by atoms with Gasteiger partial charge in [0.05, 0.1) is 0 Å². The molecule has 2 aromatic rings. The van der Waals surface area contributed by atoms with E-state index in [0.29, 0.717) is 0 Å². The summed E-state index contributed by atoms with van der Waals surface area (Å²) < 4.78 is 0. The summed E-state index contributed by atoms with van der Waals surface area (Å²) in [6.07, 6.45) is 5.57. The zero-order chi connectivity index (χ0) is 15.4. The second-order valence-electron chi connectivity index (χ2n) is 6.08. The van der Waals surface area contributed by atoms with Gasteiger partial charge in [-0.1, -0.05) is 37.3 Å². The number of rotatable bonds is 4. The van der Waals surface area contributed by atoms with Crippen LogP contribution < -0.4 is 0 Å². The van der Waals surface area contributed by atoms with E-state index in [1.807, 2.05) is 42.5 Å². The number of aromatic nitrogens is 1. The fourth-order valence-corrected chi connectivity index (χ4v) is 3.60. The van der Waals surface area contributed by atoms with Crippen molar-refractivity contribution in [1.82, 2.24) is 9.88 Å². The molecule has 1 fully saturated rings. The molecule has 1 aromatic heterocycles. The van der Waals surface area contributed by atoms with E-state index in [1.54, 1.807) is 12.4 Å². The lowest BCUT2D eigenvalue weighted by atomic mass is 9.72. The van der Waals surface area contributed by atoms with Gasteiger partial charge in [0, 0.05) is 12.4 Å². The highest BCUT2D eigenvalue weighted by Crippen LogP contribution is 2.41. The van der Waals surface area contributed by atoms with Crippen molar-refractivity contribution in [1.29, 1.82) is 0 Å². The number of pyridine rings is 1. The van der Waals surface area contributed by atoms with Crippen LogP contribution in [0.1, 0.15) is 30.9 Å². The number of nitrogens with zero attached hydrogens (tertiary/aromatic N) is 2. The molecular formula is C19H24N2O. The maximum atomic E-state index is 11.7. The first-order chi connectivity index (χ1) is 10.7. The largest absolute Gasteiger partial charge is 0.380 e. The smallest absolute Gasteiger partial charge is 0.118 e. The molecule has 3 rings (SSSR count). The molecule has 1 aromatic carbocycles. The summed E-state index contributed by atoms with van der Waals surface area (Å²) in [7, 11) is 0. The summed E-state index contributed by atoms with van der Waals surface area (Å²) in [4.78, 5) is 6.56. The Hall–Kier alpha value is -1.71. The molecular weight excluding hydrogens is 272 g/mol. The third-order valence-corrected chi connectivity index (χ3v) is 4.96. The molecule has 0 radical (unpaired) electrons. The average molecular weight is 296 g/mol. The molecule has 1 aliphatic heterocycles. The highest BCUT2D eigenvalue weighted by Gasteiger charge is 2.41. The molecule has 22 heavy (non-hydrogen) atoms. The van der Waals surface area contributed by atoms with Crippen LogP contribution in [-0.2, 0) is 5.60 Å². The monoisotopic (exact) mass is 296 g/mol. The van der Waals surface area contributed by atoms with Gasteiger partial charge < -0.3 is 10.0 Å².